The summed E-state index contributed by atoms with van der Waals surface area (Å²) in [5.74, 6) is 0.669. The molecule has 1 fully saturated rings. The quantitative estimate of drug-likeness (QED) is 0.774. The zero-order chi connectivity index (χ0) is 13.2. The fraction of sp³-hybridized carbons (Fsp3) is 0.357. The third-order valence-corrected chi connectivity index (χ3v) is 3.22. The lowest BCUT2D eigenvalue weighted by Gasteiger charge is -2.28. The molecule has 2 aromatic rings. The van der Waals surface area contributed by atoms with Crippen LogP contribution in [-0.4, -0.2) is 36.3 Å². The largest absolute Gasteiger partial charge is 0.378 e. The number of ether oxygens (including phenoxy) is 1. The van der Waals surface area contributed by atoms with E-state index >= 15 is 0 Å². The molecule has 1 aromatic carbocycles. The predicted molar refractivity (Wildman–Crippen MR) is 72.0 cm³/mol. The van der Waals surface area contributed by atoms with Gasteiger partial charge < -0.3 is 9.64 Å². The lowest BCUT2D eigenvalue weighted by Crippen LogP contribution is -2.37. The first kappa shape index (κ1) is 11.9. The standard InChI is InChI=1S/C14H14N4O/c1-10-2-3-11-12(8-10)16-13(9-15)14(17-11)18-4-6-19-7-5-18/h2-3,8H,4-7H2,1H3. The molecule has 3 rings (SSSR count). The number of fused-ring (bicyclic) bond motifs is 1. The minimum absolute atomic E-state index is 0.389. The number of morpholine rings is 1. The summed E-state index contributed by atoms with van der Waals surface area (Å²) in [6.07, 6.45) is 0. The van der Waals surface area contributed by atoms with Crippen LogP contribution in [0.4, 0.5) is 5.82 Å². The van der Waals surface area contributed by atoms with Gasteiger partial charge in [0.25, 0.3) is 0 Å². The van der Waals surface area contributed by atoms with Crippen LogP contribution in [0.25, 0.3) is 11.0 Å². The SMILES string of the molecule is Cc1ccc2nc(N3CCOCC3)c(C#N)nc2c1. The Hall–Kier alpha value is -2.19. The van der Waals surface area contributed by atoms with Crippen LogP contribution in [0.5, 0.6) is 0 Å². The smallest absolute Gasteiger partial charge is 0.183 e. The summed E-state index contributed by atoms with van der Waals surface area (Å²) in [6, 6.07) is 8.05. The molecular formula is C14H14N4O. The van der Waals surface area contributed by atoms with Gasteiger partial charge in [0.05, 0.1) is 24.2 Å². The van der Waals surface area contributed by atoms with Crippen molar-refractivity contribution in [2.24, 2.45) is 0 Å². The maximum Gasteiger partial charge on any atom is 0.183 e. The number of aromatic nitrogens is 2. The molecule has 2 heterocycles. The van der Waals surface area contributed by atoms with Crippen LogP contribution in [0.1, 0.15) is 11.3 Å². The second-order valence-corrected chi connectivity index (χ2v) is 4.60. The second-order valence-electron chi connectivity index (χ2n) is 4.60. The highest BCUT2D eigenvalue weighted by atomic mass is 16.5. The first-order valence-electron chi connectivity index (χ1n) is 6.29. The van der Waals surface area contributed by atoms with Crippen molar-refractivity contribution in [3.05, 3.63) is 29.5 Å². The number of hydrogen-bond donors (Lipinski definition) is 0. The molecule has 1 saturated heterocycles. The summed E-state index contributed by atoms with van der Waals surface area (Å²) >= 11 is 0. The Morgan fingerprint density at radius 2 is 2.00 bits per heavy atom. The van der Waals surface area contributed by atoms with Crippen molar-refractivity contribution in [1.29, 1.82) is 5.26 Å². The number of rotatable bonds is 1. The first-order chi connectivity index (χ1) is 9.28. The van der Waals surface area contributed by atoms with E-state index in [0.717, 1.165) is 29.7 Å². The average molecular weight is 254 g/mol. The van der Waals surface area contributed by atoms with Gasteiger partial charge in [0, 0.05) is 13.1 Å². The van der Waals surface area contributed by atoms with Crippen LogP contribution >= 0.6 is 0 Å². The molecule has 0 aliphatic carbocycles. The third kappa shape index (κ3) is 2.23. The van der Waals surface area contributed by atoms with Crippen molar-refractivity contribution in [3.8, 4) is 6.07 Å². The van der Waals surface area contributed by atoms with Crippen LogP contribution in [-0.2, 0) is 4.74 Å². The van der Waals surface area contributed by atoms with Crippen molar-refractivity contribution in [1.82, 2.24) is 9.97 Å². The average Bonchev–Trinajstić information content (AvgIpc) is 2.46. The van der Waals surface area contributed by atoms with E-state index in [4.69, 9.17) is 4.74 Å². The highest BCUT2D eigenvalue weighted by molar-refractivity contribution is 5.78. The zero-order valence-corrected chi connectivity index (χ0v) is 10.8. The van der Waals surface area contributed by atoms with E-state index in [9.17, 15) is 5.26 Å². The maximum atomic E-state index is 9.27. The lowest BCUT2D eigenvalue weighted by atomic mass is 10.2. The van der Waals surface area contributed by atoms with Crippen molar-refractivity contribution in [3.63, 3.8) is 0 Å². The summed E-state index contributed by atoms with van der Waals surface area (Å²) in [6.45, 7) is 4.83. The molecule has 0 radical (unpaired) electrons. The predicted octanol–water partition coefficient (Wildman–Crippen LogP) is 1.65. The molecule has 19 heavy (non-hydrogen) atoms. The monoisotopic (exact) mass is 254 g/mol. The van der Waals surface area contributed by atoms with Crippen LogP contribution in [0, 0.1) is 18.3 Å². The van der Waals surface area contributed by atoms with E-state index in [1.807, 2.05) is 25.1 Å². The Balaban J connectivity index is 2.12. The van der Waals surface area contributed by atoms with Gasteiger partial charge in [0.1, 0.15) is 6.07 Å². The van der Waals surface area contributed by atoms with Gasteiger partial charge in [-0.2, -0.15) is 5.26 Å². The number of nitrogens with zero attached hydrogens (tertiary/aromatic N) is 4. The van der Waals surface area contributed by atoms with E-state index in [-0.39, 0.29) is 0 Å². The van der Waals surface area contributed by atoms with Gasteiger partial charge in [-0.15, -0.1) is 0 Å². The molecule has 0 atom stereocenters. The summed E-state index contributed by atoms with van der Waals surface area (Å²) in [4.78, 5) is 11.1. The van der Waals surface area contributed by atoms with Gasteiger partial charge in [-0.25, -0.2) is 9.97 Å². The molecule has 96 valence electrons. The fourth-order valence-electron chi connectivity index (χ4n) is 2.23. The van der Waals surface area contributed by atoms with E-state index in [0.29, 0.717) is 24.7 Å². The summed E-state index contributed by atoms with van der Waals surface area (Å²) in [7, 11) is 0. The molecule has 0 amide bonds. The van der Waals surface area contributed by atoms with Gasteiger partial charge in [-0.05, 0) is 24.6 Å². The Kier molecular flexibility index (Phi) is 3.02. The van der Waals surface area contributed by atoms with Gasteiger partial charge in [0.2, 0.25) is 0 Å². The molecule has 1 aromatic heterocycles. The minimum atomic E-state index is 0.389. The summed E-state index contributed by atoms with van der Waals surface area (Å²) in [5.41, 5.74) is 3.10. The molecular weight excluding hydrogens is 240 g/mol. The van der Waals surface area contributed by atoms with Crippen molar-refractivity contribution in [2.75, 3.05) is 31.2 Å². The van der Waals surface area contributed by atoms with Crippen LogP contribution < -0.4 is 4.90 Å². The molecule has 0 unspecified atom stereocenters. The summed E-state index contributed by atoms with van der Waals surface area (Å²) < 4.78 is 5.33. The normalized spacial score (nSPS) is 15.5. The van der Waals surface area contributed by atoms with E-state index in [2.05, 4.69) is 20.9 Å². The molecule has 1 aliphatic rings. The third-order valence-electron chi connectivity index (χ3n) is 3.22. The molecule has 5 nitrogen and oxygen atoms in total. The van der Waals surface area contributed by atoms with Gasteiger partial charge in [0.15, 0.2) is 11.5 Å². The molecule has 0 bridgehead atoms. The molecule has 1 aliphatic heterocycles. The van der Waals surface area contributed by atoms with Gasteiger partial charge in [-0.3, -0.25) is 0 Å². The lowest BCUT2D eigenvalue weighted by molar-refractivity contribution is 0.122. The Morgan fingerprint density at radius 1 is 1.21 bits per heavy atom. The van der Waals surface area contributed by atoms with E-state index < -0.39 is 0 Å². The molecule has 0 N–H and O–H groups in total. The topological polar surface area (TPSA) is 62.0 Å². The Morgan fingerprint density at radius 3 is 2.74 bits per heavy atom. The number of aryl methyl sites for hydroxylation is 1. The van der Waals surface area contributed by atoms with Gasteiger partial charge >= 0.3 is 0 Å². The number of benzene rings is 1. The fourth-order valence-corrected chi connectivity index (χ4v) is 2.23. The zero-order valence-electron chi connectivity index (χ0n) is 10.8. The molecule has 5 heteroatoms. The highest BCUT2D eigenvalue weighted by Gasteiger charge is 2.18. The minimum Gasteiger partial charge on any atom is -0.378 e. The van der Waals surface area contributed by atoms with E-state index in [1.54, 1.807) is 0 Å². The van der Waals surface area contributed by atoms with Crippen LogP contribution in [0.2, 0.25) is 0 Å². The van der Waals surface area contributed by atoms with Crippen LogP contribution in [0.3, 0.4) is 0 Å². The Bertz CT molecular complexity index is 656. The molecule has 0 spiro atoms. The van der Waals surface area contributed by atoms with Crippen LogP contribution in [0.15, 0.2) is 18.2 Å². The summed E-state index contributed by atoms with van der Waals surface area (Å²) in [5, 5.41) is 9.27. The highest BCUT2D eigenvalue weighted by Crippen LogP contribution is 2.21. The second kappa shape index (κ2) is 4.82. The number of hydrogen-bond acceptors (Lipinski definition) is 5. The van der Waals surface area contributed by atoms with Gasteiger partial charge in [-0.1, -0.05) is 6.07 Å². The van der Waals surface area contributed by atoms with Crippen molar-refractivity contribution < 1.29 is 4.74 Å². The van der Waals surface area contributed by atoms with Crippen molar-refractivity contribution in [2.45, 2.75) is 6.92 Å². The van der Waals surface area contributed by atoms with E-state index in [1.165, 1.54) is 0 Å². The number of anilines is 1. The maximum absolute atomic E-state index is 9.27. The Labute approximate surface area is 111 Å². The number of nitriles is 1. The first-order valence-corrected chi connectivity index (χ1v) is 6.29. The molecule has 0 saturated carbocycles. The van der Waals surface area contributed by atoms with Crippen molar-refractivity contribution >= 4 is 16.9 Å².